The van der Waals surface area contributed by atoms with Crippen molar-refractivity contribution in [1.82, 2.24) is 14.5 Å². The van der Waals surface area contributed by atoms with E-state index in [1.54, 1.807) is 7.11 Å². The van der Waals surface area contributed by atoms with Gasteiger partial charge >= 0.3 is 0 Å². The molecule has 2 aromatic rings. The zero-order valence-corrected chi connectivity index (χ0v) is 11.8. The molecule has 1 aromatic carbocycles. The third kappa shape index (κ3) is 2.63. The van der Waals surface area contributed by atoms with E-state index in [-0.39, 0.29) is 6.10 Å². The number of methoxy groups -OCH3 is 1. The van der Waals surface area contributed by atoms with Crippen molar-refractivity contribution in [2.45, 2.75) is 12.6 Å². The number of hydrogen-bond acceptors (Lipinski definition) is 4. The highest BCUT2D eigenvalue weighted by molar-refractivity contribution is 5.39. The molecule has 20 heavy (non-hydrogen) atoms. The van der Waals surface area contributed by atoms with Crippen LogP contribution in [0, 0.1) is 0 Å². The van der Waals surface area contributed by atoms with Crippen LogP contribution in [0.1, 0.15) is 5.82 Å². The Morgan fingerprint density at radius 2 is 2.00 bits per heavy atom. The van der Waals surface area contributed by atoms with E-state index in [1.807, 2.05) is 43.7 Å². The van der Waals surface area contributed by atoms with E-state index in [9.17, 15) is 0 Å². The Bertz CT molecular complexity index is 576. The monoisotopic (exact) mass is 273 g/mol. The lowest BCUT2D eigenvalue weighted by Crippen LogP contribution is -2.53. The number of likely N-dealkylation sites (tertiary alicyclic amines) is 1. The molecule has 0 spiro atoms. The number of aryl methyl sites for hydroxylation is 1. The van der Waals surface area contributed by atoms with Crippen molar-refractivity contribution in [3.63, 3.8) is 0 Å². The van der Waals surface area contributed by atoms with Crippen molar-refractivity contribution < 1.29 is 9.47 Å². The molecule has 1 fully saturated rings. The van der Waals surface area contributed by atoms with E-state index >= 15 is 0 Å². The molecule has 2 heterocycles. The second-order valence-electron chi connectivity index (χ2n) is 5.04. The lowest BCUT2D eigenvalue weighted by molar-refractivity contribution is 0.0111. The summed E-state index contributed by atoms with van der Waals surface area (Å²) in [6.07, 6.45) is 4.03. The SMILES string of the molecule is COc1ccccc1OC1CN(Cc2nccn2C)C1. The summed E-state index contributed by atoms with van der Waals surface area (Å²) in [6, 6.07) is 7.77. The minimum absolute atomic E-state index is 0.228. The van der Waals surface area contributed by atoms with Gasteiger partial charge in [-0.1, -0.05) is 12.1 Å². The van der Waals surface area contributed by atoms with Crippen LogP contribution in [-0.2, 0) is 13.6 Å². The van der Waals surface area contributed by atoms with Crippen LogP contribution in [-0.4, -0.2) is 40.8 Å². The van der Waals surface area contributed by atoms with Gasteiger partial charge in [0.1, 0.15) is 11.9 Å². The molecule has 1 aromatic heterocycles. The number of ether oxygens (including phenoxy) is 2. The van der Waals surface area contributed by atoms with Crippen LogP contribution in [0.3, 0.4) is 0 Å². The minimum Gasteiger partial charge on any atom is -0.493 e. The average molecular weight is 273 g/mol. The highest BCUT2D eigenvalue weighted by Gasteiger charge is 2.29. The van der Waals surface area contributed by atoms with Gasteiger partial charge in [0.05, 0.1) is 13.7 Å². The summed E-state index contributed by atoms with van der Waals surface area (Å²) in [5, 5.41) is 0. The molecule has 1 saturated heterocycles. The molecule has 0 saturated carbocycles. The third-order valence-corrected chi connectivity index (χ3v) is 3.57. The summed E-state index contributed by atoms with van der Waals surface area (Å²) in [4.78, 5) is 6.66. The average Bonchev–Trinajstić information content (AvgIpc) is 2.82. The first kappa shape index (κ1) is 13.0. The second kappa shape index (κ2) is 5.54. The Balaban J connectivity index is 1.52. The Morgan fingerprint density at radius 3 is 2.65 bits per heavy atom. The molecule has 5 nitrogen and oxygen atoms in total. The summed E-state index contributed by atoms with van der Waals surface area (Å²) in [7, 11) is 3.68. The van der Waals surface area contributed by atoms with Gasteiger partial charge in [-0.15, -0.1) is 0 Å². The van der Waals surface area contributed by atoms with Crippen LogP contribution in [0.4, 0.5) is 0 Å². The number of hydrogen-bond donors (Lipinski definition) is 0. The van der Waals surface area contributed by atoms with Gasteiger partial charge in [-0.25, -0.2) is 4.98 Å². The predicted molar refractivity (Wildman–Crippen MR) is 75.9 cm³/mol. The molecular formula is C15H19N3O2. The van der Waals surface area contributed by atoms with Gasteiger partial charge in [0.25, 0.3) is 0 Å². The zero-order valence-electron chi connectivity index (χ0n) is 11.8. The molecule has 5 heteroatoms. The molecule has 0 unspecified atom stereocenters. The molecule has 0 atom stereocenters. The standard InChI is InChI=1S/C15H19N3O2/c1-17-8-7-16-15(17)11-18-9-12(10-18)20-14-6-4-3-5-13(14)19-2/h3-8,12H,9-11H2,1-2H3. The highest BCUT2D eigenvalue weighted by atomic mass is 16.5. The predicted octanol–water partition coefficient (Wildman–Crippen LogP) is 1.69. The summed E-state index contributed by atoms with van der Waals surface area (Å²) in [6.45, 7) is 2.71. The largest absolute Gasteiger partial charge is 0.493 e. The molecule has 0 amide bonds. The first-order chi connectivity index (χ1) is 9.76. The fourth-order valence-corrected chi connectivity index (χ4v) is 2.37. The summed E-state index contributed by atoms with van der Waals surface area (Å²) in [5.41, 5.74) is 0. The first-order valence-corrected chi connectivity index (χ1v) is 6.74. The summed E-state index contributed by atoms with van der Waals surface area (Å²) >= 11 is 0. The van der Waals surface area contributed by atoms with Crippen LogP contribution < -0.4 is 9.47 Å². The van der Waals surface area contributed by atoms with Crippen molar-refractivity contribution in [1.29, 1.82) is 0 Å². The molecule has 1 aliphatic heterocycles. The minimum atomic E-state index is 0.228. The van der Waals surface area contributed by atoms with Crippen LogP contribution in [0.15, 0.2) is 36.7 Å². The van der Waals surface area contributed by atoms with E-state index in [0.717, 1.165) is 37.0 Å². The number of para-hydroxylation sites is 2. The van der Waals surface area contributed by atoms with E-state index in [0.29, 0.717) is 0 Å². The van der Waals surface area contributed by atoms with Crippen LogP contribution in [0.5, 0.6) is 11.5 Å². The summed E-state index contributed by atoms with van der Waals surface area (Å²) < 4.78 is 13.3. The molecule has 0 radical (unpaired) electrons. The Kier molecular flexibility index (Phi) is 3.60. The van der Waals surface area contributed by atoms with Gasteiger partial charge in [-0.3, -0.25) is 4.90 Å². The molecule has 1 aliphatic rings. The fraction of sp³-hybridized carbons (Fsp3) is 0.400. The highest BCUT2D eigenvalue weighted by Crippen LogP contribution is 2.28. The lowest BCUT2D eigenvalue weighted by Gasteiger charge is -2.38. The molecule has 0 bridgehead atoms. The molecule has 0 N–H and O–H groups in total. The zero-order chi connectivity index (χ0) is 13.9. The van der Waals surface area contributed by atoms with Gasteiger partial charge < -0.3 is 14.0 Å². The van der Waals surface area contributed by atoms with Crippen molar-refractivity contribution in [2.75, 3.05) is 20.2 Å². The summed E-state index contributed by atoms with van der Waals surface area (Å²) in [5.74, 6) is 2.69. The maximum Gasteiger partial charge on any atom is 0.161 e. The lowest BCUT2D eigenvalue weighted by atomic mass is 10.1. The van der Waals surface area contributed by atoms with Crippen molar-refractivity contribution in [3.8, 4) is 11.5 Å². The van der Waals surface area contributed by atoms with Gasteiger partial charge in [-0.2, -0.15) is 0 Å². The van der Waals surface area contributed by atoms with E-state index in [4.69, 9.17) is 9.47 Å². The molecular weight excluding hydrogens is 254 g/mol. The topological polar surface area (TPSA) is 39.5 Å². The van der Waals surface area contributed by atoms with Gasteiger partial charge in [0.15, 0.2) is 11.5 Å². The van der Waals surface area contributed by atoms with Crippen LogP contribution in [0.2, 0.25) is 0 Å². The van der Waals surface area contributed by atoms with Crippen molar-refractivity contribution in [3.05, 3.63) is 42.5 Å². The first-order valence-electron chi connectivity index (χ1n) is 6.74. The number of rotatable bonds is 5. The smallest absolute Gasteiger partial charge is 0.161 e. The molecule has 0 aliphatic carbocycles. The maximum absolute atomic E-state index is 5.96. The molecule has 3 rings (SSSR count). The number of benzene rings is 1. The normalized spacial score (nSPS) is 15.9. The number of aromatic nitrogens is 2. The van der Waals surface area contributed by atoms with Gasteiger partial charge in [0.2, 0.25) is 0 Å². The van der Waals surface area contributed by atoms with E-state index < -0.39 is 0 Å². The Hall–Kier alpha value is -2.01. The maximum atomic E-state index is 5.96. The van der Waals surface area contributed by atoms with Gasteiger partial charge in [-0.05, 0) is 12.1 Å². The Labute approximate surface area is 118 Å². The van der Waals surface area contributed by atoms with Crippen molar-refractivity contribution in [2.24, 2.45) is 7.05 Å². The number of imidazole rings is 1. The van der Waals surface area contributed by atoms with Crippen LogP contribution >= 0.6 is 0 Å². The second-order valence-corrected chi connectivity index (χ2v) is 5.04. The third-order valence-electron chi connectivity index (χ3n) is 3.57. The van der Waals surface area contributed by atoms with Crippen LogP contribution in [0.25, 0.3) is 0 Å². The van der Waals surface area contributed by atoms with E-state index in [2.05, 4.69) is 14.5 Å². The number of nitrogens with zero attached hydrogens (tertiary/aromatic N) is 3. The molecule has 106 valence electrons. The Morgan fingerprint density at radius 1 is 1.25 bits per heavy atom. The van der Waals surface area contributed by atoms with E-state index in [1.165, 1.54) is 0 Å². The fourth-order valence-electron chi connectivity index (χ4n) is 2.37. The van der Waals surface area contributed by atoms with Gasteiger partial charge in [0, 0.05) is 32.5 Å². The van der Waals surface area contributed by atoms with Crippen molar-refractivity contribution >= 4 is 0 Å². The quantitative estimate of drug-likeness (QED) is 0.831.